The van der Waals surface area contributed by atoms with E-state index in [2.05, 4.69) is 4.98 Å². The number of benzene rings is 1. The van der Waals surface area contributed by atoms with Crippen molar-refractivity contribution in [1.29, 1.82) is 0 Å². The summed E-state index contributed by atoms with van der Waals surface area (Å²) in [6.07, 6.45) is 3.62. The topological polar surface area (TPSA) is 53.2 Å². The summed E-state index contributed by atoms with van der Waals surface area (Å²) in [6, 6.07) is 6.38. The van der Waals surface area contributed by atoms with E-state index in [9.17, 15) is 18.4 Å². The molecule has 23 heavy (non-hydrogen) atoms. The normalized spacial score (nSPS) is 15.7. The maximum atomic E-state index is 13.3. The number of pyridine rings is 1. The molecule has 6 heteroatoms. The monoisotopic (exact) mass is 318 g/mol. The minimum atomic E-state index is -0.961. The van der Waals surface area contributed by atoms with Crippen molar-refractivity contribution in [2.24, 2.45) is 0 Å². The number of aromatic amines is 1. The molecule has 2 aromatic rings. The smallest absolute Gasteiger partial charge is 0.259 e. The molecule has 1 amide bonds. The SMILES string of the molecule is O=C(c1c[nH]cc(F)c1=O)N1CCC(c2ccc(F)cc2)CC1. The number of hydrogen-bond acceptors (Lipinski definition) is 2. The van der Waals surface area contributed by atoms with Crippen LogP contribution in [-0.4, -0.2) is 28.9 Å². The fourth-order valence-electron chi connectivity index (χ4n) is 2.94. The van der Waals surface area contributed by atoms with Gasteiger partial charge in [-0.05, 0) is 36.5 Å². The minimum absolute atomic E-state index is 0.176. The molecule has 0 saturated carbocycles. The van der Waals surface area contributed by atoms with Crippen molar-refractivity contribution >= 4 is 5.91 Å². The molecule has 120 valence electrons. The van der Waals surface area contributed by atoms with Gasteiger partial charge in [-0.25, -0.2) is 8.78 Å². The second-order valence-electron chi connectivity index (χ2n) is 5.66. The van der Waals surface area contributed by atoms with Crippen molar-refractivity contribution in [3.8, 4) is 0 Å². The van der Waals surface area contributed by atoms with Crippen molar-refractivity contribution in [2.45, 2.75) is 18.8 Å². The number of nitrogens with zero attached hydrogens (tertiary/aromatic N) is 1. The number of carbonyl (C=O) groups is 1. The van der Waals surface area contributed by atoms with Gasteiger partial charge in [0, 0.05) is 25.5 Å². The van der Waals surface area contributed by atoms with Crippen LogP contribution in [0.2, 0.25) is 0 Å². The lowest BCUT2D eigenvalue weighted by molar-refractivity contribution is 0.0710. The van der Waals surface area contributed by atoms with E-state index in [1.165, 1.54) is 18.3 Å². The van der Waals surface area contributed by atoms with Crippen molar-refractivity contribution in [1.82, 2.24) is 9.88 Å². The molecule has 1 aromatic carbocycles. The molecular weight excluding hydrogens is 302 g/mol. The first-order valence-corrected chi connectivity index (χ1v) is 7.47. The number of rotatable bonds is 2. The van der Waals surface area contributed by atoms with E-state index in [0.717, 1.165) is 24.6 Å². The summed E-state index contributed by atoms with van der Waals surface area (Å²) >= 11 is 0. The Balaban J connectivity index is 1.69. The fourth-order valence-corrected chi connectivity index (χ4v) is 2.94. The van der Waals surface area contributed by atoms with Gasteiger partial charge >= 0.3 is 0 Å². The third kappa shape index (κ3) is 3.16. The zero-order valence-electron chi connectivity index (χ0n) is 12.4. The third-order valence-corrected chi connectivity index (χ3v) is 4.25. The summed E-state index contributed by atoms with van der Waals surface area (Å²) in [4.78, 5) is 28.1. The van der Waals surface area contributed by atoms with E-state index in [-0.39, 0.29) is 17.3 Å². The predicted molar refractivity (Wildman–Crippen MR) is 81.3 cm³/mol. The molecule has 1 aromatic heterocycles. The van der Waals surface area contributed by atoms with Crippen LogP contribution in [-0.2, 0) is 0 Å². The Morgan fingerprint density at radius 2 is 1.74 bits per heavy atom. The van der Waals surface area contributed by atoms with Gasteiger partial charge < -0.3 is 9.88 Å². The van der Waals surface area contributed by atoms with Crippen LogP contribution in [0.25, 0.3) is 0 Å². The minimum Gasteiger partial charge on any atom is -0.364 e. The second kappa shape index (κ2) is 6.32. The maximum Gasteiger partial charge on any atom is 0.259 e. The summed E-state index contributed by atoms with van der Waals surface area (Å²) in [6.45, 7) is 0.966. The Labute approximate surface area is 131 Å². The summed E-state index contributed by atoms with van der Waals surface area (Å²) in [5.41, 5.74) is -0.0123. The van der Waals surface area contributed by atoms with E-state index < -0.39 is 17.2 Å². The van der Waals surface area contributed by atoms with Crippen LogP contribution in [0.15, 0.2) is 41.5 Å². The molecule has 1 aliphatic rings. The van der Waals surface area contributed by atoms with Gasteiger partial charge in [-0.3, -0.25) is 9.59 Å². The van der Waals surface area contributed by atoms with Crippen LogP contribution in [0.4, 0.5) is 8.78 Å². The summed E-state index contributed by atoms with van der Waals surface area (Å²) in [5, 5.41) is 0. The molecule has 3 rings (SSSR count). The molecular formula is C17H16F2N2O2. The number of likely N-dealkylation sites (tertiary alicyclic amines) is 1. The molecule has 1 aliphatic heterocycles. The number of carbonyl (C=O) groups excluding carboxylic acids is 1. The standard InChI is InChI=1S/C17H16F2N2O2/c18-13-3-1-11(2-4-13)12-5-7-21(8-6-12)17(23)14-9-20-10-15(19)16(14)22/h1-4,9-10,12H,5-8H2,(H,20,22). The Hall–Kier alpha value is -2.50. The Morgan fingerprint density at radius 1 is 1.09 bits per heavy atom. The lowest BCUT2D eigenvalue weighted by Gasteiger charge is -2.32. The lowest BCUT2D eigenvalue weighted by atomic mass is 9.89. The van der Waals surface area contributed by atoms with Gasteiger partial charge in [0.05, 0.1) is 0 Å². The lowest BCUT2D eigenvalue weighted by Crippen LogP contribution is -2.40. The molecule has 1 saturated heterocycles. The average Bonchev–Trinajstić information content (AvgIpc) is 2.58. The van der Waals surface area contributed by atoms with Gasteiger partial charge in [-0.2, -0.15) is 0 Å². The molecule has 0 bridgehead atoms. The Morgan fingerprint density at radius 3 is 2.39 bits per heavy atom. The number of aromatic nitrogens is 1. The molecule has 4 nitrogen and oxygen atoms in total. The first-order chi connectivity index (χ1) is 11.1. The molecule has 1 fully saturated rings. The third-order valence-electron chi connectivity index (χ3n) is 4.25. The van der Waals surface area contributed by atoms with E-state index in [1.54, 1.807) is 17.0 Å². The first kappa shape index (κ1) is 15.4. The number of hydrogen-bond donors (Lipinski definition) is 1. The largest absolute Gasteiger partial charge is 0.364 e. The van der Waals surface area contributed by atoms with Crippen LogP contribution >= 0.6 is 0 Å². The zero-order valence-corrected chi connectivity index (χ0v) is 12.4. The second-order valence-corrected chi connectivity index (χ2v) is 5.66. The van der Waals surface area contributed by atoms with E-state index in [4.69, 9.17) is 0 Å². The van der Waals surface area contributed by atoms with Gasteiger partial charge in [0.2, 0.25) is 5.43 Å². The summed E-state index contributed by atoms with van der Waals surface area (Å²) < 4.78 is 26.2. The molecule has 0 unspecified atom stereocenters. The van der Waals surface area contributed by atoms with Crippen LogP contribution < -0.4 is 5.43 Å². The maximum absolute atomic E-state index is 13.3. The van der Waals surface area contributed by atoms with Crippen molar-refractivity contribution < 1.29 is 13.6 Å². The molecule has 0 atom stereocenters. The van der Waals surface area contributed by atoms with Gasteiger partial charge in [0.25, 0.3) is 5.91 Å². The number of nitrogens with one attached hydrogen (secondary N) is 1. The van der Waals surface area contributed by atoms with E-state index in [1.807, 2.05) is 0 Å². The molecule has 0 aliphatic carbocycles. The molecule has 0 radical (unpaired) electrons. The summed E-state index contributed by atoms with van der Waals surface area (Å²) in [7, 11) is 0. The van der Waals surface area contributed by atoms with E-state index >= 15 is 0 Å². The highest BCUT2D eigenvalue weighted by atomic mass is 19.1. The van der Waals surface area contributed by atoms with Crippen molar-refractivity contribution in [3.63, 3.8) is 0 Å². The predicted octanol–water partition coefficient (Wildman–Crippen LogP) is 2.67. The number of piperidine rings is 1. The van der Waals surface area contributed by atoms with Crippen molar-refractivity contribution in [3.05, 3.63) is 69.6 Å². The summed E-state index contributed by atoms with van der Waals surface area (Å²) in [5.74, 6) is -1.43. The highest BCUT2D eigenvalue weighted by molar-refractivity contribution is 5.93. The Bertz CT molecular complexity index is 763. The van der Waals surface area contributed by atoms with Gasteiger partial charge in [-0.15, -0.1) is 0 Å². The Kier molecular flexibility index (Phi) is 4.23. The number of amides is 1. The first-order valence-electron chi connectivity index (χ1n) is 7.47. The number of H-pyrrole nitrogens is 1. The number of halogens is 2. The van der Waals surface area contributed by atoms with E-state index in [0.29, 0.717) is 13.1 Å². The fraction of sp³-hybridized carbons (Fsp3) is 0.294. The molecule has 2 heterocycles. The van der Waals surface area contributed by atoms with Crippen LogP contribution in [0.1, 0.15) is 34.7 Å². The van der Waals surface area contributed by atoms with Gasteiger partial charge in [0.1, 0.15) is 11.4 Å². The average molecular weight is 318 g/mol. The molecule has 1 N–H and O–H groups in total. The van der Waals surface area contributed by atoms with Gasteiger partial charge in [0.15, 0.2) is 5.82 Å². The molecule has 0 spiro atoms. The quantitative estimate of drug-likeness (QED) is 0.925. The van der Waals surface area contributed by atoms with Gasteiger partial charge in [-0.1, -0.05) is 12.1 Å². The highest BCUT2D eigenvalue weighted by Crippen LogP contribution is 2.28. The van der Waals surface area contributed by atoms with Crippen LogP contribution in [0.5, 0.6) is 0 Å². The van der Waals surface area contributed by atoms with Crippen LogP contribution in [0, 0.1) is 11.6 Å². The highest BCUT2D eigenvalue weighted by Gasteiger charge is 2.26. The van der Waals surface area contributed by atoms with Crippen LogP contribution in [0.3, 0.4) is 0 Å². The van der Waals surface area contributed by atoms with Crippen molar-refractivity contribution in [2.75, 3.05) is 13.1 Å². The zero-order chi connectivity index (χ0) is 16.4.